The van der Waals surface area contributed by atoms with Gasteiger partial charge in [0.2, 0.25) is 5.88 Å². The third-order valence-electron chi connectivity index (χ3n) is 2.51. The number of allylic oxidation sites excluding steroid dienone is 1. The third-order valence-corrected chi connectivity index (χ3v) is 2.51. The first kappa shape index (κ1) is 9.60. The molecule has 0 unspecified atom stereocenters. The van der Waals surface area contributed by atoms with Gasteiger partial charge in [-0.05, 0) is 19.4 Å². The first-order valence-corrected chi connectivity index (χ1v) is 4.78. The van der Waals surface area contributed by atoms with Gasteiger partial charge in [-0.25, -0.2) is 0 Å². The lowest BCUT2D eigenvalue weighted by atomic mass is 9.98. The highest BCUT2D eigenvalue weighted by atomic mass is 16.5. The molecule has 0 atom stereocenters. The summed E-state index contributed by atoms with van der Waals surface area (Å²) in [5.41, 5.74) is 9.43. The molecule has 0 amide bonds. The number of hydrogen-bond donors (Lipinski definition) is 1. The van der Waals surface area contributed by atoms with Crippen LogP contribution in [0.5, 0.6) is 5.75 Å². The van der Waals surface area contributed by atoms with Crippen molar-refractivity contribution in [2.45, 2.75) is 20.3 Å². The zero-order valence-corrected chi connectivity index (χ0v) is 8.79. The second-order valence-corrected chi connectivity index (χ2v) is 3.80. The predicted octanol–water partition coefficient (Wildman–Crippen LogP) is 1.93. The number of nitrogens with two attached hydrogens (primary N) is 1. The number of nitrogens with zero attached hydrogens (tertiary/aromatic N) is 1. The van der Waals surface area contributed by atoms with E-state index in [1.807, 2.05) is 26.0 Å². The molecule has 0 radical (unpaired) electrons. The number of hydrogen-bond acceptors (Lipinski definition) is 3. The van der Waals surface area contributed by atoms with Gasteiger partial charge in [0, 0.05) is 12.0 Å². The van der Waals surface area contributed by atoms with Gasteiger partial charge in [-0.15, -0.1) is 0 Å². The molecule has 15 heavy (non-hydrogen) atoms. The van der Waals surface area contributed by atoms with Gasteiger partial charge in [-0.2, -0.15) is 5.26 Å². The molecule has 1 aliphatic rings. The molecule has 76 valence electrons. The molecular weight excluding hydrogens is 188 g/mol. The van der Waals surface area contributed by atoms with Crippen molar-refractivity contribution in [3.8, 4) is 11.8 Å². The van der Waals surface area contributed by atoms with Gasteiger partial charge in [0.25, 0.3) is 0 Å². The van der Waals surface area contributed by atoms with Crippen molar-refractivity contribution in [3.05, 3.63) is 40.3 Å². The summed E-state index contributed by atoms with van der Waals surface area (Å²) in [6, 6.07) is 6.14. The molecule has 1 aliphatic heterocycles. The van der Waals surface area contributed by atoms with Crippen molar-refractivity contribution in [2.24, 2.45) is 5.73 Å². The minimum atomic E-state index is 0.233. The Kier molecular flexibility index (Phi) is 2.12. The van der Waals surface area contributed by atoms with E-state index in [1.165, 1.54) is 5.56 Å². The largest absolute Gasteiger partial charge is 0.440 e. The molecule has 0 aromatic heterocycles. The Bertz CT molecular complexity index is 495. The number of benzene rings is 1. The molecule has 1 aromatic carbocycles. The smallest absolute Gasteiger partial charge is 0.205 e. The Morgan fingerprint density at radius 3 is 2.80 bits per heavy atom. The molecule has 0 saturated heterocycles. The summed E-state index contributed by atoms with van der Waals surface area (Å²) >= 11 is 0. The lowest BCUT2D eigenvalue weighted by Gasteiger charge is -2.20. The average Bonchev–Trinajstić information content (AvgIpc) is 2.18. The molecule has 0 saturated carbocycles. The highest BCUT2D eigenvalue weighted by molar-refractivity contribution is 5.50. The van der Waals surface area contributed by atoms with Crippen LogP contribution in [0, 0.1) is 25.2 Å². The van der Waals surface area contributed by atoms with E-state index >= 15 is 0 Å². The van der Waals surface area contributed by atoms with Crippen LogP contribution in [-0.4, -0.2) is 0 Å². The van der Waals surface area contributed by atoms with Gasteiger partial charge >= 0.3 is 0 Å². The van der Waals surface area contributed by atoms with Gasteiger partial charge in [0.1, 0.15) is 11.8 Å². The van der Waals surface area contributed by atoms with Crippen LogP contribution in [-0.2, 0) is 6.42 Å². The van der Waals surface area contributed by atoms with Crippen LogP contribution in [0.15, 0.2) is 23.6 Å². The average molecular weight is 200 g/mol. The maximum Gasteiger partial charge on any atom is 0.205 e. The van der Waals surface area contributed by atoms with E-state index < -0.39 is 0 Å². The number of nitriles is 1. The zero-order chi connectivity index (χ0) is 11.0. The van der Waals surface area contributed by atoms with Crippen molar-refractivity contribution < 1.29 is 4.74 Å². The summed E-state index contributed by atoms with van der Waals surface area (Å²) in [5.74, 6) is 1.04. The topological polar surface area (TPSA) is 59.0 Å². The maximum absolute atomic E-state index is 8.86. The van der Waals surface area contributed by atoms with E-state index in [-0.39, 0.29) is 5.88 Å². The van der Waals surface area contributed by atoms with Crippen LogP contribution in [0.1, 0.15) is 16.7 Å². The minimum absolute atomic E-state index is 0.233. The first-order chi connectivity index (χ1) is 7.11. The fourth-order valence-electron chi connectivity index (χ4n) is 1.86. The molecule has 0 aliphatic carbocycles. The Labute approximate surface area is 88.8 Å². The maximum atomic E-state index is 8.86. The van der Waals surface area contributed by atoms with E-state index in [0.29, 0.717) is 12.0 Å². The SMILES string of the molecule is Cc1cc(C)c2c(c1)CC(C#N)=C(N)O2. The summed E-state index contributed by atoms with van der Waals surface area (Å²) in [6.07, 6.45) is 0.570. The summed E-state index contributed by atoms with van der Waals surface area (Å²) in [5, 5.41) is 8.86. The van der Waals surface area contributed by atoms with Gasteiger partial charge < -0.3 is 10.5 Å². The quantitative estimate of drug-likeness (QED) is 0.696. The van der Waals surface area contributed by atoms with Crippen LogP contribution in [0.4, 0.5) is 0 Å². The normalized spacial score (nSPS) is 14.2. The number of aryl methyl sites for hydroxylation is 2. The van der Waals surface area contributed by atoms with Crippen molar-refractivity contribution >= 4 is 0 Å². The van der Waals surface area contributed by atoms with Crippen LogP contribution in [0.25, 0.3) is 0 Å². The Morgan fingerprint density at radius 1 is 1.40 bits per heavy atom. The Balaban J connectivity index is 2.53. The monoisotopic (exact) mass is 200 g/mol. The standard InChI is InChI=1S/C12H12N2O/c1-7-3-8(2)11-9(4-7)5-10(6-13)12(14)15-11/h3-4H,5,14H2,1-2H3. The van der Waals surface area contributed by atoms with E-state index in [0.717, 1.165) is 16.9 Å². The number of ether oxygens (including phenoxy) is 1. The van der Waals surface area contributed by atoms with E-state index in [2.05, 4.69) is 6.07 Å². The molecule has 3 nitrogen and oxygen atoms in total. The fourth-order valence-corrected chi connectivity index (χ4v) is 1.86. The van der Waals surface area contributed by atoms with Gasteiger partial charge in [-0.3, -0.25) is 0 Å². The third kappa shape index (κ3) is 1.55. The Hall–Kier alpha value is -1.95. The highest BCUT2D eigenvalue weighted by Crippen LogP contribution is 2.32. The summed E-state index contributed by atoms with van der Waals surface area (Å²) in [7, 11) is 0. The van der Waals surface area contributed by atoms with Crippen LogP contribution in [0.3, 0.4) is 0 Å². The lowest BCUT2D eigenvalue weighted by molar-refractivity contribution is 0.396. The number of fused-ring (bicyclic) bond motifs is 1. The summed E-state index contributed by atoms with van der Waals surface area (Å²) < 4.78 is 5.46. The van der Waals surface area contributed by atoms with Crippen molar-refractivity contribution in [1.29, 1.82) is 5.26 Å². The van der Waals surface area contributed by atoms with Crippen molar-refractivity contribution in [1.82, 2.24) is 0 Å². The van der Waals surface area contributed by atoms with Gasteiger partial charge in [0.15, 0.2) is 0 Å². The second kappa shape index (κ2) is 3.32. The van der Waals surface area contributed by atoms with Crippen molar-refractivity contribution in [2.75, 3.05) is 0 Å². The van der Waals surface area contributed by atoms with Crippen LogP contribution >= 0.6 is 0 Å². The minimum Gasteiger partial charge on any atom is -0.440 e. The van der Waals surface area contributed by atoms with E-state index in [4.69, 9.17) is 15.7 Å². The van der Waals surface area contributed by atoms with Crippen molar-refractivity contribution in [3.63, 3.8) is 0 Å². The first-order valence-electron chi connectivity index (χ1n) is 4.78. The highest BCUT2D eigenvalue weighted by Gasteiger charge is 2.19. The fraction of sp³-hybridized carbons (Fsp3) is 0.250. The molecule has 1 aromatic rings. The predicted molar refractivity (Wildman–Crippen MR) is 57.1 cm³/mol. The Morgan fingerprint density at radius 2 is 2.13 bits per heavy atom. The summed E-state index contributed by atoms with van der Waals surface area (Å²) in [4.78, 5) is 0. The van der Waals surface area contributed by atoms with Crippen LogP contribution < -0.4 is 10.5 Å². The molecule has 0 bridgehead atoms. The molecule has 0 spiro atoms. The molecule has 3 heteroatoms. The molecular formula is C12H12N2O. The molecule has 2 rings (SSSR count). The van der Waals surface area contributed by atoms with E-state index in [1.54, 1.807) is 0 Å². The zero-order valence-electron chi connectivity index (χ0n) is 8.79. The number of rotatable bonds is 0. The second-order valence-electron chi connectivity index (χ2n) is 3.80. The van der Waals surface area contributed by atoms with E-state index in [9.17, 15) is 0 Å². The van der Waals surface area contributed by atoms with Crippen LogP contribution in [0.2, 0.25) is 0 Å². The molecule has 0 fully saturated rings. The van der Waals surface area contributed by atoms with Gasteiger partial charge in [0.05, 0.1) is 5.57 Å². The molecule has 2 N–H and O–H groups in total. The van der Waals surface area contributed by atoms with Gasteiger partial charge in [-0.1, -0.05) is 17.7 Å². The molecule has 1 heterocycles. The lowest BCUT2D eigenvalue weighted by Crippen LogP contribution is -2.17. The summed E-state index contributed by atoms with van der Waals surface area (Å²) in [6.45, 7) is 4.01.